The first kappa shape index (κ1) is 8.68. The number of nitrogens with one attached hydrogen (secondary N) is 1. The van der Waals surface area contributed by atoms with Gasteiger partial charge in [0.2, 0.25) is 0 Å². The van der Waals surface area contributed by atoms with Crippen LogP contribution in [-0.4, -0.2) is 17.8 Å². The molecule has 2 rings (SSSR count). The van der Waals surface area contributed by atoms with Crippen molar-refractivity contribution in [3.63, 3.8) is 0 Å². The molecule has 1 aromatic rings. The topological polar surface area (TPSA) is 72.2 Å². The van der Waals surface area contributed by atoms with Crippen LogP contribution in [0.15, 0.2) is 18.2 Å². The highest BCUT2D eigenvalue weighted by Gasteiger charge is 2.23. The normalized spacial score (nSPS) is 18.4. The van der Waals surface area contributed by atoms with Crippen LogP contribution in [0.3, 0.4) is 0 Å². The Morgan fingerprint density at radius 3 is 3.00 bits per heavy atom. The van der Waals surface area contributed by atoms with Crippen LogP contribution < -0.4 is 5.32 Å². The maximum Gasteiger partial charge on any atom is 0.271 e. The molecule has 1 aliphatic heterocycles. The highest BCUT2D eigenvalue weighted by molar-refractivity contribution is 5.74. The summed E-state index contributed by atoms with van der Waals surface area (Å²) >= 11 is 0. The van der Waals surface area contributed by atoms with Crippen LogP contribution in [0.1, 0.15) is 11.5 Å². The summed E-state index contributed by atoms with van der Waals surface area (Å²) in [5.74, 6) is -0.175. The molecule has 1 aliphatic rings. The number of hydrogen-bond donors (Lipinski definition) is 1. The molecule has 5 heteroatoms. The van der Waals surface area contributed by atoms with Crippen LogP contribution in [0.25, 0.3) is 0 Å². The van der Waals surface area contributed by atoms with E-state index < -0.39 is 4.92 Å². The average Bonchev–Trinajstić information content (AvgIpc) is 2.59. The Kier molecular flexibility index (Phi) is 1.92. The van der Waals surface area contributed by atoms with Crippen molar-refractivity contribution in [2.45, 2.75) is 5.92 Å². The van der Waals surface area contributed by atoms with Gasteiger partial charge in [0, 0.05) is 24.4 Å². The number of anilines is 1. The van der Waals surface area contributed by atoms with E-state index in [1.54, 1.807) is 6.07 Å². The summed E-state index contributed by atoms with van der Waals surface area (Å²) in [5.41, 5.74) is 1.57. The summed E-state index contributed by atoms with van der Waals surface area (Å²) in [7, 11) is 0. The number of aldehydes is 1. The van der Waals surface area contributed by atoms with E-state index in [9.17, 15) is 14.9 Å². The van der Waals surface area contributed by atoms with Crippen molar-refractivity contribution in [2.75, 3.05) is 11.9 Å². The van der Waals surface area contributed by atoms with Crippen LogP contribution in [0, 0.1) is 10.1 Å². The van der Waals surface area contributed by atoms with Crippen molar-refractivity contribution in [1.82, 2.24) is 0 Å². The lowest BCUT2D eigenvalue weighted by Crippen LogP contribution is -2.01. The second kappa shape index (κ2) is 3.10. The molecule has 0 radical (unpaired) electrons. The number of hydrogen-bond acceptors (Lipinski definition) is 4. The van der Waals surface area contributed by atoms with E-state index in [2.05, 4.69) is 5.32 Å². The molecule has 72 valence electrons. The number of carbonyl (C=O) groups excluding carboxylic acids is 1. The largest absolute Gasteiger partial charge is 0.384 e. The van der Waals surface area contributed by atoms with Crippen LogP contribution in [-0.2, 0) is 4.79 Å². The maximum atomic E-state index is 10.6. The number of nitro benzene ring substituents is 1. The van der Waals surface area contributed by atoms with Crippen molar-refractivity contribution in [2.24, 2.45) is 0 Å². The molecule has 0 saturated heterocycles. The molecule has 1 N–H and O–H groups in total. The van der Waals surface area contributed by atoms with Gasteiger partial charge >= 0.3 is 0 Å². The van der Waals surface area contributed by atoms with Crippen molar-refractivity contribution < 1.29 is 9.72 Å². The predicted molar refractivity (Wildman–Crippen MR) is 50.4 cm³/mol. The van der Waals surface area contributed by atoms with Gasteiger partial charge in [0.25, 0.3) is 5.69 Å². The van der Waals surface area contributed by atoms with E-state index in [1.807, 2.05) is 0 Å². The Balaban J connectivity index is 2.43. The van der Waals surface area contributed by atoms with Gasteiger partial charge in [0.15, 0.2) is 0 Å². The molecule has 0 spiro atoms. The molecule has 1 aromatic carbocycles. The predicted octanol–water partition coefficient (Wildman–Crippen LogP) is 1.30. The first-order valence-electron chi connectivity index (χ1n) is 4.20. The minimum absolute atomic E-state index is 0.0443. The minimum atomic E-state index is -0.448. The summed E-state index contributed by atoms with van der Waals surface area (Å²) in [5, 5.41) is 13.4. The zero-order chi connectivity index (χ0) is 10.1. The van der Waals surface area contributed by atoms with Crippen LogP contribution in [0.5, 0.6) is 0 Å². The third-order valence-electron chi connectivity index (χ3n) is 2.32. The molecular weight excluding hydrogens is 184 g/mol. The molecule has 0 aliphatic carbocycles. The number of rotatable bonds is 2. The zero-order valence-corrected chi connectivity index (χ0v) is 7.27. The number of fused-ring (bicyclic) bond motifs is 1. The summed E-state index contributed by atoms with van der Waals surface area (Å²) in [6, 6.07) is 4.51. The number of non-ortho nitro benzene ring substituents is 1. The van der Waals surface area contributed by atoms with Gasteiger partial charge in [-0.05, 0) is 11.6 Å². The Morgan fingerprint density at radius 1 is 1.57 bits per heavy atom. The second-order valence-corrected chi connectivity index (χ2v) is 3.15. The van der Waals surface area contributed by atoms with Gasteiger partial charge in [-0.15, -0.1) is 0 Å². The monoisotopic (exact) mass is 192 g/mol. The fourth-order valence-corrected chi connectivity index (χ4v) is 1.59. The smallest absolute Gasteiger partial charge is 0.271 e. The first-order valence-corrected chi connectivity index (χ1v) is 4.20. The first-order chi connectivity index (χ1) is 6.72. The van der Waals surface area contributed by atoms with E-state index in [0.717, 1.165) is 11.8 Å². The lowest BCUT2D eigenvalue weighted by atomic mass is 10.0. The minimum Gasteiger partial charge on any atom is -0.384 e. The van der Waals surface area contributed by atoms with Crippen molar-refractivity contribution in [1.29, 1.82) is 0 Å². The van der Waals surface area contributed by atoms with E-state index in [0.29, 0.717) is 12.2 Å². The maximum absolute atomic E-state index is 10.6. The van der Waals surface area contributed by atoms with Crippen molar-refractivity contribution in [3.05, 3.63) is 33.9 Å². The van der Waals surface area contributed by atoms with E-state index >= 15 is 0 Å². The number of benzene rings is 1. The van der Waals surface area contributed by atoms with Gasteiger partial charge < -0.3 is 10.1 Å². The molecule has 1 atom stereocenters. The third kappa shape index (κ3) is 1.22. The lowest BCUT2D eigenvalue weighted by Gasteiger charge is -1.99. The Labute approximate surface area is 79.9 Å². The van der Waals surface area contributed by atoms with Crippen LogP contribution in [0.2, 0.25) is 0 Å². The fraction of sp³-hybridized carbons (Fsp3) is 0.222. The van der Waals surface area contributed by atoms with E-state index in [4.69, 9.17) is 0 Å². The standard InChI is InChI=1S/C9H8N2O3/c12-5-6-4-10-9-3-7(11(13)14)1-2-8(6)9/h1-3,5-6,10H,4H2. The summed E-state index contributed by atoms with van der Waals surface area (Å²) < 4.78 is 0. The van der Waals surface area contributed by atoms with Gasteiger partial charge in [-0.2, -0.15) is 0 Å². The number of nitrogens with zero attached hydrogens (tertiary/aromatic N) is 1. The Hall–Kier alpha value is -1.91. The van der Waals surface area contributed by atoms with Gasteiger partial charge in [-0.25, -0.2) is 0 Å². The molecule has 0 amide bonds. The second-order valence-electron chi connectivity index (χ2n) is 3.15. The molecule has 14 heavy (non-hydrogen) atoms. The molecule has 1 heterocycles. The summed E-state index contributed by atoms with van der Waals surface area (Å²) in [6.45, 7) is 0.528. The molecule has 0 bridgehead atoms. The average molecular weight is 192 g/mol. The molecule has 5 nitrogen and oxygen atoms in total. The van der Waals surface area contributed by atoms with E-state index in [-0.39, 0.29) is 11.6 Å². The van der Waals surface area contributed by atoms with Gasteiger partial charge in [-0.1, -0.05) is 0 Å². The van der Waals surface area contributed by atoms with Crippen molar-refractivity contribution in [3.8, 4) is 0 Å². The number of carbonyl (C=O) groups is 1. The van der Waals surface area contributed by atoms with E-state index in [1.165, 1.54) is 12.1 Å². The Bertz CT molecular complexity index is 403. The summed E-state index contributed by atoms with van der Waals surface area (Å²) in [6.07, 6.45) is 0.852. The van der Waals surface area contributed by atoms with Gasteiger partial charge in [-0.3, -0.25) is 10.1 Å². The molecule has 0 aromatic heterocycles. The highest BCUT2D eigenvalue weighted by atomic mass is 16.6. The molecule has 1 unspecified atom stereocenters. The molecule has 0 saturated carbocycles. The fourth-order valence-electron chi connectivity index (χ4n) is 1.59. The van der Waals surface area contributed by atoms with Crippen LogP contribution >= 0.6 is 0 Å². The third-order valence-corrected chi connectivity index (χ3v) is 2.32. The highest BCUT2D eigenvalue weighted by Crippen LogP contribution is 2.32. The zero-order valence-electron chi connectivity index (χ0n) is 7.27. The lowest BCUT2D eigenvalue weighted by molar-refractivity contribution is -0.384. The van der Waals surface area contributed by atoms with Gasteiger partial charge in [0.05, 0.1) is 10.8 Å². The molecular formula is C9H8N2O3. The quantitative estimate of drug-likeness (QED) is 0.435. The SMILES string of the molecule is O=CC1CNc2cc([N+](=O)[O-])ccc21. The molecule has 0 fully saturated rings. The van der Waals surface area contributed by atoms with Crippen molar-refractivity contribution >= 4 is 17.7 Å². The number of nitro groups is 1. The Morgan fingerprint density at radius 2 is 2.36 bits per heavy atom. The summed E-state index contributed by atoms with van der Waals surface area (Å²) in [4.78, 5) is 20.6. The van der Waals surface area contributed by atoms with Crippen LogP contribution in [0.4, 0.5) is 11.4 Å². The van der Waals surface area contributed by atoms with Gasteiger partial charge in [0.1, 0.15) is 6.29 Å².